The third kappa shape index (κ3) is 7.39. The van der Waals surface area contributed by atoms with Crippen molar-refractivity contribution in [3.8, 4) is 0 Å². The zero-order valence-electron chi connectivity index (χ0n) is 23.7. The predicted molar refractivity (Wildman–Crippen MR) is 169 cm³/mol. The summed E-state index contributed by atoms with van der Waals surface area (Å²) in [6.07, 6.45) is -7.22. The lowest BCUT2D eigenvalue weighted by Gasteiger charge is -2.33. The zero-order chi connectivity index (χ0) is 33.6. The van der Waals surface area contributed by atoms with Gasteiger partial charge in [-0.15, -0.1) is 16.9 Å². The van der Waals surface area contributed by atoms with Crippen LogP contribution in [-0.2, 0) is 32.0 Å². The molecular formula is C19H29FN12O9P2S3. The maximum atomic E-state index is 15.6. The molecule has 0 radical (unpaired) electrons. The molecule has 0 spiro atoms. The number of nitrogen functional groups attached to an aromatic ring is 3. The number of nitrogens with one attached hydrogen (secondary N) is 2. The Kier molecular flexibility index (Phi) is 10.4. The van der Waals surface area contributed by atoms with Gasteiger partial charge in [0.25, 0.3) is 5.56 Å². The molecular weight excluding hydrogens is 717 g/mol. The molecule has 2 aliphatic heterocycles. The van der Waals surface area contributed by atoms with E-state index < -0.39 is 73.9 Å². The molecule has 9 atom stereocenters. The summed E-state index contributed by atoms with van der Waals surface area (Å²) >= 11 is 8.84. The fourth-order valence-electron chi connectivity index (χ4n) is 4.48. The van der Waals surface area contributed by atoms with Gasteiger partial charge >= 0.3 is 13.6 Å². The molecule has 254 valence electrons. The molecule has 46 heavy (non-hydrogen) atoms. The molecule has 0 saturated carbocycles. The number of fused-ring (bicyclic) bond motifs is 3. The minimum absolute atomic E-state index is 0.0169. The number of nitrogens with zero attached hydrogens (tertiary/aromatic N) is 7. The first-order valence-corrected chi connectivity index (χ1v) is 19.3. The van der Waals surface area contributed by atoms with Crippen molar-refractivity contribution in [1.29, 1.82) is 0 Å². The SMILES string of the molecule is CNN(c1ncnc(N)c1N)[C@@H](C)O[C@@H]1COP(=O)(S)O[C@@H]2[C@H](O)[C@@H](COP(=O)(S)O[C@H]1F)S[C@H]2n1nnc2c(=O)[nH]c(N)nc21. The molecule has 0 aromatic carbocycles. The molecule has 2 aliphatic rings. The van der Waals surface area contributed by atoms with Crippen LogP contribution in [0.2, 0.25) is 0 Å². The third-order valence-electron chi connectivity index (χ3n) is 6.59. The number of halogens is 1. The number of H-pyrrole nitrogens is 1. The van der Waals surface area contributed by atoms with Crippen LogP contribution in [0.5, 0.6) is 0 Å². The van der Waals surface area contributed by atoms with Gasteiger partial charge in [0.2, 0.25) is 12.3 Å². The predicted octanol–water partition coefficient (Wildman–Crippen LogP) is 0.218. The topological polar surface area (TPSA) is 296 Å². The van der Waals surface area contributed by atoms with Crippen LogP contribution in [0.25, 0.3) is 11.2 Å². The number of aliphatic hydroxyl groups excluding tert-OH is 1. The van der Waals surface area contributed by atoms with E-state index in [2.05, 4.69) is 60.2 Å². The van der Waals surface area contributed by atoms with E-state index >= 15 is 4.39 Å². The Balaban J connectivity index is 1.44. The van der Waals surface area contributed by atoms with Gasteiger partial charge in [0.1, 0.15) is 35.8 Å². The Morgan fingerprint density at radius 3 is 2.65 bits per heavy atom. The van der Waals surface area contributed by atoms with Gasteiger partial charge in [0.15, 0.2) is 22.8 Å². The van der Waals surface area contributed by atoms with Gasteiger partial charge in [0.05, 0.1) is 24.6 Å². The van der Waals surface area contributed by atoms with Crippen LogP contribution in [0.15, 0.2) is 11.1 Å². The summed E-state index contributed by atoms with van der Waals surface area (Å²) in [4.78, 5) is 26.5. The molecule has 27 heteroatoms. The molecule has 2 unspecified atom stereocenters. The lowest BCUT2D eigenvalue weighted by molar-refractivity contribution is -0.127. The molecule has 2 saturated heterocycles. The summed E-state index contributed by atoms with van der Waals surface area (Å²) in [6.45, 7) is -8.87. The van der Waals surface area contributed by atoms with E-state index in [1.54, 1.807) is 0 Å². The molecule has 5 rings (SSSR count). The monoisotopic (exact) mass is 746 g/mol. The Hall–Kier alpha value is -2.28. The van der Waals surface area contributed by atoms with Crippen molar-refractivity contribution in [2.24, 2.45) is 0 Å². The average molecular weight is 747 g/mol. The van der Waals surface area contributed by atoms with E-state index in [1.165, 1.54) is 19.0 Å². The normalized spacial score (nSPS) is 33.2. The molecule has 3 aromatic rings. The maximum Gasteiger partial charge on any atom is 0.388 e. The van der Waals surface area contributed by atoms with Crippen molar-refractivity contribution in [2.45, 2.75) is 48.4 Å². The second-order valence-corrected chi connectivity index (χ2v) is 16.7. The van der Waals surface area contributed by atoms with E-state index in [0.29, 0.717) is 0 Å². The summed E-state index contributed by atoms with van der Waals surface area (Å²) in [5, 5.41) is 18.1. The Morgan fingerprint density at radius 1 is 1.24 bits per heavy atom. The lowest BCUT2D eigenvalue weighted by Crippen LogP contribution is -2.48. The van der Waals surface area contributed by atoms with Crippen LogP contribution in [0.1, 0.15) is 12.3 Å². The Labute approximate surface area is 273 Å². The number of hydrazine groups is 1. The van der Waals surface area contributed by atoms with Gasteiger partial charge in [-0.2, -0.15) is 4.98 Å². The van der Waals surface area contributed by atoms with Gasteiger partial charge < -0.3 is 27.0 Å². The van der Waals surface area contributed by atoms with Crippen LogP contribution < -0.4 is 33.2 Å². The van der Waals surface area contributed by atoms with Gasteiger partial charge in [-0.1, -0.05) is 29.7 Å². The fourth-order valence-corrected chi connectivity index (χ4v) is 8.86. The van der Waals surface area contributed by atoms with Gasteiger partial charge in [-0.25, -0.2) is 33.6 Å². The van der Waals surface area contributed by atoms with E-state index in [4.69, 9.17) is 40.0 Å². The maximum absolute atomic E-state index is 15.6. The third-order valence-corrected chi connectivity index (χ3v) is 11.3. The summed E-state index contributed by atoms with van der Waals surface area (Å²) in [5.41, 5.74) is 19.3. The molecule has 0 amide bonds. The number of aromatic nitrogens is 7. The van der Waals surface area contributed by atoms with Crippen molar-refractivity contribution < 1.29 is 41.5 Å². The largest absolute Gasteiger partial charge is 0.393 e. The number of thioether (sulfide) groups is 1. The molecule has 9 N–H and O–H groups in total. The average Bonchev–Trinajstić information content (AvgIpc) is 3.52. The summed E-state index contributed by atoms with van der Waals surface area (Å²) in [7, 11) is 1.49. The van der Waals surface area contributed by atoms with Gasteiger partial charge in [-0.05, 0) is 6.92 Å². The highest BCUT2D eigenvalue weighted by Crippen LogP contribution is 2.61. The smallest absolute Gasteiger partial charge is 0.388 e. The molecule has 2 fully saturated rings. The summed E-state index contributed by atoms with van der Waals surface area (Å²) < 4.78 is 70.4. The first kappa shape index (κ1) is 35.0. The molecule has 3 aromatic heterocycles. The highest BCUT2D eigenvalue weighted by molar-refractivity contribution is 8.44. The second kappa shape index (κ2) is 13.7. The minimum Gasteiger partial charge on any atom is -0.393 e. The van der Waals surface area contributed by atoms with Crippen molar-refractivity contribution in [2.75, 3.05) is 42.5 Å². The molecule has 5 heterocycles. The molecule has 2 bridgehead atoms. The highest BCUT2D eigenvalue weighted by Gasteiger charge is 2.50. The number of aliphatic hydroxyl groups is 1. The summed E-state index contributed by atoms with van der Waals surface area (Å²) in [6, 6.07) is 0. The first-order chi connectivity index (χ1) is 21.6. The number of nitrogens with two attached hydrogens (primary N) is 3. The Bertz CT molecular complexity index is 1740. The minimum atomic E-state index is -4.48. The highest BCUT2D eigenvalue weighted by atomic mass is 32.7. The number of anilines is 4. The fraction of sp³-hybridized carbons (Fsp3) is 0.579. The number of rotatable bonds is 6. The zero-order valence-corrected chi connectivity index (χ0v) is 28.1. The van der Waals surface area contributed by atoms with E-state index in [0.717, 1.165) is 22.8 Å². The van der Waals surface area contributed by atoms with Crippen molar-refractivity contribution >= 4 is 84.3 Å². The van der Waals surface area contributed by atoms with Crippen LogP contribution in [0.4, 0.5) is 27.7 Å². The number of hydrogen-bond acceptors (Lipinski definition) is 20. The lowest BCUT2D eigenvalue weighted by atomic mass is 10.1. The molecule has 0 aliphatic carbocycles. The quantitative estimate of drug-likeness (QED) is 0.0724. The Morgan fingerprint density at radius 2 is 1.93 bits per heavy atom. The first-order valence-electron chi connectivity index (χ1n) is 13.0. The van der Waals surface area contributed by atoms with Crippen molar-refractivity contribution in [3.05, 3.63) is 16.7 Å². The van der Waals surface area contributed by atoms with Crippen molar-refractivity contribution in [3.63, 3.8) is 0 Å². The number of aromatic amines is 1. The van der Waals surface area contributed by atoms with E-state index in [9.17, 15) is 19.0 Å². The number of thiol groups is 2. The van der Waals surface area contributed by atoms with E-state index in [-0.39, 0.29) is 34.4 Å². The van der Waals surface area contributed by atoms with Gasteiger partial charge in [-0.3, -0.25) is 32.9 Å². The van der Waals surface area contributed by atoms with Gasteiger partial charge in [0, 0.05) is 7.05 Å². The van der Waals surface area contributed by atoms with Crippen LogP contribution >= 0.6 is 49.9 Å². The number of hydrogen-bond donors (Lipinski definition) is 8. The number of ether oxygens (including phenoxy) is 1. The standard InChI is InChI=1S/C19H29FN12O9P2S3/c1-6(31(24-2)15-9(21)14(22)25-5-26-15)39-7-3-37-42(35,44)40-12-11(33)8(4-38-43(36,45)41-13(7)20)46-18(12)32-16-10(29-30-32)17(34)28-19(23)27-16/h5-8,11-13,18,24,33H,3-4,21H2,1-2H3,(H,35,44)(H,36,45)(H2,22,25,26)(H3,23,27,28,34)/t6-,7-,8-,11-,12-,13-,18-,42?,43?/m1/s1. The summed E-state index contributed by atoms with van der Waals surface area (Å²) in [5.74, 6) is -0.207. The number of alkyl halides is 1. The second-order valence-electron chi connectivity index (χ2n) is 9.63. The van der Waals surface area contributed by atoms with Crippen LogP contribution in [0, 0.1) is 0 Å². The van der Waals surface area contributed by atoms with Crippen molar-refractivity contribution in [1.82, 2.24) is 40.4 Å². The molecule has 21 nitrogen and oxygen atoms in total. The van der Waals surface area contributed by atoms with Crippen LogP contribution in [0.3, 0.4) is 0 Å². The van der Waals surface area contributed by atoms with Crippen LogP contribution in [-0.4, -0.2) is 96.4 Å². The van der Waals surface area contributed by atoms with E-state index in [1.807, 2.05) is 0 Å².